The van der Waals surface area contributed by atoms with Crippen molar-refractivity contribution in [2.24, 2.45) is 5.92 Å². The maximum atomic E-state index is 13.9. The third-order valence-electron chi connectivity index (χ3n) is 6.02. The Morgan fingerprint density at radius 3 is 2.68 bits per heavy atom. The van der Waals surface area contributed by atoms with E-state index in [1.165, 1.54) is 12.1 Å². The van der Waals surface area contributed by atoms with E-state index < -0.39 is 5.82 Å². The van der Waals surface area contributed by atoms with Gasteiger partial charge in [-0.15, -0.1) is 0 Å². The molecule has 0 bridgehead atoms. The van der Waals surface area contributed by atoms with Crippen molar-refractivity contribution in [3.63, 3.8) is 0 Å². The van der Waals surface area contributed by atoms with Gasteiger partial charge in [0.1, 0.15) is 5.82 Å². The van der Waals surface area contributed by atoms with Crippen LogP contribution >= 0.6 is 0 Å². The van der Waals surface area contributed by atoms with Gasteiger partial charge in [-0.05, 0) is 42.5 Å². The number of carbonyl (C=O) groups is 2. The van der Waals surface area contributed by atoms with Crippen molar-refractivity contribution in [1.29, 1.82) is 0 Å². The number of carbonyl (C=O) groups excluding carboxylic acids is 2. The molecular weight excluding hydrogens is 399 g/mol. The van der Waals surface area contributed by atoms with E-state index in [-0.39, 0.29) is 40.9 Å². The fraction of sp³-hybridized carbons (Fsp3) is 0.261. The van der Waals surface area contributed by atoms with Crippen LogP contribution < -0.4 is 10.6 Å². The number of nitrogens with zero attached hydrogens (tertiary/aromatic N) is 2. The molecule has 0 radical (unpaired) electrons. The lowest BCUT2D eigenvalue weighted by Crippen LogP contribution is -2.42. The number of likely N-dealkylation sites (tertiary alicyclic amines) is 1. The Labute approximate surface area is 178 Å². The average Bonchev–Trinajstić information content (AvgIpc) is 3.37. The third kappa shape index (κ3) is 3.65. The van der Waals surface area contributed by atoms with Crippen LogP contribution in [0.4, 0.5) is 20.7 Å². The lowest BCUT2D eigenvalue weighted by atomic mass is 9.81. The average molecular weight is 420 g/mol. The second-order valence-corrected chi connectivity index (χ2v) is 7.87. The number of nitrogens with one attached hydrogen (secondary N) is 2. The normalized spacial score (nSPS) is 18.5. The monoisotopic (exact) mass is 420 g/mol. The van der Waals surface area contributed by atoms with E-state index in [2.05, 4.69) is 15.8 Å². The second kappa shape index (κ2) is 7.86. The number of anilines is 2. The summed E-state index contributed by atoms with van der Waals surface area (Å²) in [5.74, 6) is 0.115. The Balaban J connectivity index is 1.21. The SMILES string of the molecule is O=C1Nc2ccccc2C1C1CCN(C(=O)Nc2cc(-c3ccccc3F)on2)CC1. The fourth-order valence-electron chi connectivity index (χ4n) is 4.45. The summed E-state index contributed by atoms with van der Waals surface area (Å²) in [5.41, 5.74) is 2.21. The molecule has 31 heavy (non-hydrogen) atoms. The van der Waals surface area contributed by atoms with Gasteiger partial charge in [-0.1, -0.05) is 35.5 Å². The molecule has 0 saturated carbocycles. The van der Waals surface area contributed by atoms with Crippen LogP contribution in [0.5, 0.6) is 0 Å². The van der Waals surface area contributed by atoms with Crippen molar-refractivity contribution in [3.05, 3.63) is 66.0 Å². The van der Waals surface area contributed by atoms with Crippen molar-refractivity contribution in [2.75, 3.05) is 23.7 Å². The summed E-state index contributed by atoms with van der Waals surface area (Å²) in [5, 5.41) is 9.49. The number of amides is 3. The number of hydrogen-bond acceptors (Lipinski definition) is 4. The first kappa shape index (κ1) is 19.3. The number of aromatic nitrogens is 1. The Hall–Kier alpha value is -3.68. The molecule has 1 atom stereocenters. The number of piperidine rings is 1. The summed E-state index contributed by atoms with van der Waals surface area (Å²) < 4.78 is 19.1. The van der Waals surface area contributed by atoms with Crippen LogP contribution in [-0.4, -0.2) is 35.1 Å². The number of fused-ring (bicyclic) bond motifs is 1. The molecule has 2 aliphatic rings. The lowest BCUT2D eigenvalue weighted by molar-refractivity contribution is -0.118. The van der Waals surface area contributed by atoms with Gasteiger partial charge in [-0.25, -0.2) is 9.18 Å². The Bertz CT molecular complexity index is 1140. The first-order valence-electron chi connectivity index (χ1n) is 10.3. The molecule has 0 aliphatic carbocycles. The number of para-hydroxylation sites is 1. The summed E-state index contributed by atoms with van der Waals surface area (Å²) in [7, 11) is 0. The van der Waals surface area contributed by atoms with Gasteiger partial charge < -0.3 is 14.7 Å². The van der Waals surface area contributed by atoms with Gasteiger partial charge in [0, 0.05) is 24.8 Å². The third-order valence-corrected chi connectivity index (χ3v) is 6.02. The first-order chi connectivity index (χ1) is 15.1. The minimum Gasteiger partial charge on any atom is -0.354 e. The van der Waals surface area contributed by atoms with E-state index in [0.29, 0.717) is 13.1 Å². The number of halogens is 1. The Morgan fingerprint density at radius 1 is 1.13 bits per heavy atom. The van der Waals surface area contributed by atoms with Gasteiger partial charge in [0.15, 0.2) is 11.6 Å². The van der Waals surface area contributed by atoms with Crippen molar-refractivity contribution >= 4 is 23.4 Å². The van der Waals surface area contributed by atoms with E-state index in [9.17, 15) is 14.0 Å². The maximum absolute atomic E-state index is 13.9. The van der Waals surface area contributed by atoms with E-state index in [4.69, 9.17) is 4.52 Å². The van der Waals surface area contributed by atoms with E-state index in [1.54, 1.807) is 23.1 Å². The highest BCUT2D eigenvalue weighted by Crippen LogP contribution is 2.41. The minimum atomic E-state index is -0.420. The molecule has 2 aliphatic heterocycles. The molecule has 1 fully saturated rings. The summed E-state index contributed by atoms with van der Waals surface area (Å²) in [4.78, 5) is 26.8. The molecule has 158 valence electrons. The predicted octanol–water partition coefficient (Wildman–Crippen LogP) is 4.46. The molecule has 1 aromatic heterocycles. The summed E-state index contributed by atoms with van der Waals surface area (Å²) in [6.45, 7) is 1.08. The molecule has 5 rings (SSSR count). The highest BCUT2D eigenvalue weighted by molar-refractivity contribution is 6.03. The zero-order chi connectivity index (χ0) is 21.4. The first-order valence-corrected chi connectivity index (χ1v) is 10.3. The second-order valence-electron chi connectivity index (χ2n) is 7.87. The van der Waals surface area contributed by atoms with Gasteiger partial charge in [0.05, 0.1) is 11.5 Å². The van der Waals surface area contributed by atoms with Crippen LogP contribution in [0.25, 0.3) is 11.3 Å². The van der Waals surface area contributed by atoms with Crippen molar-refractivity contribution in [1.82, 2.24) is 10.1 Å². The van der Waals surface area contributed by atoms with Crippen LogP contribution in [0.2, 0.25) is 0 Å². The minimum absolute atomic E-state index is 0.0346. The zero-order valence-electron chi connectivity index (χ0n) is 16.7. The number of hydrogen-bond donors (Lipinski definition) is 2. The molecule has 2 N–H and O–H groups in total. The summed E-state index contributed by atoms with van der Waals surface area (Å²) in [6.07, 6.45) is 1.47. The Morgan fingerprint density at radius 2 is 1.87 bits per heavy atom. The molecule has 2 aromatic carbocycles. The van der Waals surface area contributed by atoms with Gasteiger partial charge in [0.2, 0.25) is 5.91 Å². The van der Waals surface area contributed by atoms with Gasteiger partial charge in [0.25, 0.3) is 0 Å². The van der Waals surface area contributed by atoms with Gasteiger partial charge >= 0.3 is 6.03 Å². The molecule has 1 saturated heterocycles. The van der Waals surface area contributed by atoms with Gasteiger partial charge in [-0.2, -0.15) is 0 Å². The van der Waals surface area contributed by atoms with Crippen LogP contribution in [0.15, 0.2) is 59.1 Å². The van der Waals surface area contributed by atoms with Crippen molar-refractivity contribution < 1.29 is 18.5 Å². The fourth-order valence-corrected chi connectivity index (χ4v) is 4.45. The standard InChI is InChI=1S/C23H21FN4O3/c24-17-7-3-1-5-15(17)19-13-20(27-31-19)26-23(30)28-11-9-14(10-12-28)21-16-6-2-4-8-18(16)25-22(21)29/h1-8,13-14,21H,9-12H2,(H,25,29)(H,26,27,30). The highest BCUT2D eigenvalue weighted by Gasteiger charge is 2.38. The number of rotatable bonds is 3. The van der Waals surface area contributed by atoms with Crippen LogP contribution in [0.1, 0.15) is 24.3 Å². The molecule has 3 aromatic rings. The molecule has 8 heteroatoms. The molecular formula is C23H21FN4O3. The zero-order valence-corrected chi connectivity index (χ0v) is 16.7. The summed E-state index contributed by atoms with van der Waals surface area (Å²) >= 11 is 0. The highest BCUT2D eigenvalue weighted by atomic mass is 19.1. The van der Waals surface area contributed by atoms with Crippen LogP contribution in [0, 0.1) is 11.7 Å². The van der Waals surface area contributed by atoms with E-state index >= 15 is 0 Å². The predicted molar refractivity (Wildman–Crippen MR) is 113 cm³/mol. The molecule has 0 spiro atoms. The van der Waals surface area contributed by atoms with E-state index in [0.717, 1.165) is 24.1 Å². The number of benzene rings is 2. The molecule has 7 nitrogen and oxygen atoms in total. The maximum Gasteiger partial charge on any atom is 0.323 e. The topological polar surface area (TPSA) is 87.5 Å². The molecule has 1 unspecified atom stereocenters. The summed E-state index contributed by atoms with van der Waals surface area (Å²) in [6, 6.07) is 15.2. The lowest BCUT2D eigenvalue weighted by Gasteiger charge is -2.34. The quantitative estimate of drug-likeness (QED) is 0.655. The van der Waals surface area contributed by atoms with Crippen LogP contribution in [0.3, 0.4) is 0 Å². The van der Waals surface area contributed by atoms with Crippen molar-refractivity contribution in [3.8, 4) is 11.3 Å². The largest absolute Gasteiger partial charge is 0.354 e. The van der Waals surface area contributed by atoms with E-state index in [1.807, 2.05) is 24.3 Å². The molecule has 3 amide bonds. The number of urea groups is 1. The van der Waals surface area contributed by atoms with Crippen molar-refractivity contribution in [2.45, 2.75) is 18.8 Å². The van der Waals surface area contributed by atoms with Gasteiger partial charge in [-0.3, -0.25) is 10.1 Å². The molecule has 3 heterocycles. The Kier molecular flexibility index (Phi) is 4.89. The smallest absolute Gasteiger partial charge is 0.323 e. The van der Waals surface area contributed by atoms with Crippen LogP contribution in [-0.2, 0) is 4.79 Å².